The van der Waals surface area contributed by atoms with Gasteiger partial charge in [0.25, 0.3) is 0 Å². The lowest BCUT2D eigenvalue weighted by Crippen LogP contribution is -2.43. The predicted octanol–water partition coefficient (Wildman–Crippen LogP) is 3.60. The van der Waals surface area contributed by atoms with Crippen molar-refractivity contribution in [2.24, 2.45) is 0 Å². The molecule has 1 atom stereocenters. The van der Waals surface area contributed by atoms with Crippen LogP contribution < -0.4 is 5.32 Å². The zero-order chi connectivity index (χ0) is 20.6. The van der Waals surface area contributed by atoms with Crippen LogP contribution in [0, 0.1) is 0 Å². The summed E-state index contributed by atoms with van der Waals surface area (Å²) >= 11 is 0. The van der Waals surface area contributed by atoms with Gasteiger partial charge < -0.3 is 14.8 Å². The third kappa shape index (κ3) is 5.13. The Bertz CT molecular complexity index is 869. The average Bonchev–Trinajstić information content (AvgIpc) is 3.23. The van der Waals surface area contributed by atoms with Gasteiger partial charge in [0, 0.05) is 6.54 Å². The van der Waals surface area contributed by atoms with Crippen LogP contribution >= 0.6 is 0 Å². The zero-order valence-corrected chi connectivity index (χ0v) is 16.3. The standard InChI is InChI=1S/C22H24N2O5/c1-2-28-21(26)17-11-6-7-12-18(17)23-20(25)19-13-8-14-24(19)22(27)29-15-16-9-4-3-5-10-16/h3-7,9-12,19H,2,8,13-15H2,1H3,(H,23,25)/t19-/m0/s1. The first-order chi connectivity index (χ1) is 14.1. The Kier molecular flexibility index (Phi) is 6.84. The van der Waals surface area contributed by atoms with E-state index in [1.807, 2.05) is 30.3 Å². The van der Waals surface area contributed by atoms with E-state index in [1.54, 1.807) is 31.2 Å². The van der Waals surface area contributed by atoms with Gasteiger partial charge in [-0.05, 0) is 37.5 Å². The van der Waals surface area contributed by atoms with Gasteiger partial charge in [-0.15, -0.1) is 0 Å². The first-order valence-corrected chi connectivity index (χ1v) is 9.64. The number of nitrogens with one attached hydrogen (secondary N) is 1. The largest absolute Gasteiger partial charge is 0.462 e. The van der Waals surface area contributed by atoms with Crippen LogP contribution in [0.15, 0.2) is 54.6 Å². The first kappa shape index (κ1) is 20.4. The fourth-order valence-corrected chi connectivity index (χ4v) is 3.26. The number of rotatable bonds is 6. The van der Waals surface area contributed by atoms with Gasteiger partial charge in [-0.3, -0.25) is 9.69 Å². The molecule has 1 saturated heterocycles. The first-order valence-electron chi connectivity index (χ1n) is 9.64. The fraction of sp³-hybridized carbons (Fsp3) is 0.318. The van der Waals surface area contributed by atoms with Crippen molar-refractivity contribution in [2.75, 3.05) is 18.5 Å². The molecule has 0 spiro atoms. The van der Waals surface area contributed by atoms with Gasteiger partial charge in [-0.2, -0.15) is 0 Å². The summed E-state index contributed by atoms with van der Waals surface area (Å²) in [6, 6.07) is 15.4. The fourth-order valence-electron chi connectivity index (χ4n) is 3.26. The molecule has 1 N–H and O–H groups in total. The minimum atomic E-state index is -0.645. The Labute approximate surface area is 169 Å². The number of benzene rings is 2. The number of anilines is 1. The van der Waals surface area contributed by atoms with Crippen LogP contribution in [0.2, 0.25) is 0 Å². The van der Waals surface area contributed by atoms with Gasteiger partial charge in [-0.1, -0.05) is 42.5 Å². The van der Waals surface area contributed by atoms with Crippen molar-refractivity contribution in [3.05, 3.63) is 65.7 Å². The lowest BCUT2D eigenvalue weighted by Gasteiger charge is -2.23. The van der Waals surface area contributed by atoms with E-state index in [2.05, 4.69) is 5.32 Å². The number of hydrogen-bond donors (Lipinski definition) is 1. The average molecular weight is 396 g/mol. The van der Waals surface area contributed by atoms with Gasteiger partial charge in [0.15, 0.2) is 0 Å². The topological polar surface area (TPSA) is 84.9 Å². The Morgan fingerprint density at radius 1 is 1.03 bits per heavy atom. The van der Waals surface area contributed by atoms with Crippen molar-refractivity contribution in [2.45, 2.75) is 32.4 Å². The summed E-state index contributed by atoms with van der Waals surface area (Å²) in [6.07, 6.45) is 0.719. The van der Waals surface area contributed by atoms with E-state index in [0.29, 0.717) is 25.1 Å². The summed E-state index contributed by atoms with van der Waals surface area (Å²) in [4.78, 5) is 38.9. The zero-order valence-electron chi connectivity index (χ0n) is 16.3. The van der Waals surface area contributed by atoms with Crippen molar-refractivity contribution >= 4 is 23.7 Å². The minimum absolute atomic E-state index is 0.149. The molecule has 1 aliphatic heterocycles. The highest BCUT2D eigenvalue weighted by Gasteiger charge is 2.35. The Balaban J connectivity index is 1.64. The molecular formula is C22H24N2O5. The van der Waals surface area contributed by atoms with Crippen LogP contribution in [0.5, 0.6) is 0 Å². The maximum Gasteiger partial charge on any atom is 0.410 e. The van der Waals surface area contributed by atoms with Crippen LogP contribution in [0.25, 0.3) is 0 Å². The Hall–Kier alpha value is -3.35. The van der Waals surface area contributed by atoms with Gasteiger partial charge in [0.1, 0.15) is 12.6 Å². The second-order valence-electron chi connectivity index (χ2n) is 6.65. The highest BCUT2D eigenvalue weighted by Crippen LogP contribution is 2.22. The van der Waals surface area contributed by atoms with Crippen molar-refractivity contribution in [1.82, 2.24) is 4.90 Å². The van der Waals surface area contributed by atoms with E-state index >= 15 is 0 Å². The second kappa shape index (κ2) is 9.73. The molecule has 7 nitrogen and oxygen atoms in total. The van der Waals surface area contributed by atoms with Crippen LogP contribution in [0.3, 0.4) is 0 Å². The van der Waals surface area contributed by atoms with Crippen molar-refractivity contribution in [3.63, 3.8) is 0 Å². The lowest BCUT2D eigenvalue weighted by molar-refractivity contribution is -0.120. The number of amides is 2. The highest BCUT2D eigenvalue weighted by molar-refractivity contribution is 6.03. The Morgan fingerprint density at radius 2 is 1.76 bits per heavy atom. The van der Waals surface area contributed by atoms with E-state index in [9.17, 15) is 14.4 Å². The smallest absolute Gasteiger partial charge is 0.410 e. The molecule has 29 heavy (non-hydrogen) atoms. The van der Waals surface area contributed by atoms with Gasteiger partial charge in [0.2, 0.25) is 5.91 Å². The van der Waals surface area contributed by atoms with E-state index in [0.717, 1.165) is 5.56 Å². The number of carbonyl (C=O) groups is 3. The molecule has 2 aromatic carbocycles. The monoisotopic (exact) mass is 396 g/mol. The summed E-state index contributed by atoms with van der Waals surface area (Å²) in [6.45, 7) is 2.56. The van der Waals surface area contributed by atoms with E-state index in [4.69, 9.17) is 9.47 Å². The summed E-state index contributed by atoms with van der Waals surface area (Å²) in [5, 5.41) is 2.76. The number of likely N-dealkylation sites (tertiary alicyclic amines) is 1. The SMILES string of the molecule is CCOC(=O)c1ccccc1NC(=O)[C@@H]1CCCN1C(=O)OCc1ccccc1. The third-order valence-electron chi connectivity index (χ3n) is 4.68. The van der Waals surface area contributed by atoms with Crippen LogP contribution in [0.1, 0.15) is 35.7 Å². The van der Waals surface area contributed by atoms with Crippen LogP contribution in [-0.2, 0) is 20.9 Å². The number of nitrogens with zero attached hydrogens (tertiary/aromatic N) is 1. The molecule has 0 aliphatic carbocycles. The number of ether oxygens (including phenoxy) is 2. The number of carbonyl (C=O) groups excluding carboxylic acids is 3. The molecule has 1 heterocycles. The molecule has 3 rings (SSSR count). The molecule has 2 aromatic rings. The van der Waals surface area contributed by atoms with Gasteiger partial charge >= 0.3 is 12.1 Å². The minimum Gasteiger partial charge on any atom is -0.462 e. The lowest BCUT2D eigenvalue weighted by atomic mass is 10.1. The quantitative estimate of drug-likeness (QED) is 0.754. The molecule has 1 aliphatic rings. The van der Waals surface area contributed by atoms with Gasteiger partial charge in [0.05, 0.1) is 17.9 Å². The molecular weight excluding hydrogens is 372 g/mol. The number of hydrogen-bond acceptors (Lipinski definition) is 5. The summed E-state index contributed by atoms with van der Waals surface area (Å²) < 4.78 is 10.4. The van der Waals surface area contributed by atoms with Crippen LogP contribution in [-0.4, -0.2) is 42.1 Å². The molecule has 7 heteroatoms. The van der Waals surface area contributed by atoms with E-state index in [-0.39, 0.29) is 24.7 Å². The normalized spacial score (nSPS) is 15.6. The molecule has 152 valence electrons. The Morgan fingerprint density at radius 3 is 2.52 bits per heavy atom. The molecule has 0 radical (unpaired) electrons. The summed E-state index contributed by atoms with van der Waals surface area (Å²) in [5.41, 5.74) is 1.52. The van der Waals surface area contributed by atoms with E-state index in [1.165, 1.54) is 4.90 Å². The van der Waals surface area contributed by atoms with Crippen molar-refractivity contribution in [1.29, 1.82) is 0 Å². The molecule has 0 unspecified atom stereocenters. The predicted molar refractivity (Wildman–Crippen MR) is 107 cm³/mol. The third-order valence-corrected chi connectivity index (χ3v) is 4.68. The highest BCUT2D eigenvalue weighted by atomic mass is 16.6. The molecule has 0 aromatic heterocycles. The maximum absolute atomic E-state index is 12.8. The van der Waals surface area contributed by atoms with Gasteiger partial charge in [-0.25, -0.2) is 9.59 Å². The molecule has 0 bridgehead atoms. The van der Waals surface area contributed by atoms with Crippen molar-refractivity contribution in [3.8, 4) is 0 Å². The second-order valence-corrected chi connectivity index (χ2v) is 6.65. The maximum atomic E-state index is 12.8. The number of para-hydroxylation sites is 1. The summed E-state index contributed by atoms with van der Waals surface area (Å²) in [7, 11) is 0. The molecule has 2 amide bonds. The molecule has 0 saturated carbocycles. The van der Waals surface area contributed by atoms with E-state index < -0.39 is 18.1 Å². The van der Waals surface area contributed by atoms with Crippen molar-refractivity contribution < 1.29 is 23.9 Å². The van der Waals surface area contributed by atoms with Crippen LogP contribution in [0.4, 0.5) is 10.5 Å². The summed E-state index contributed by atoms with van der Waals surface area (Å²) in [5.74, 6) is -0.857. The number of esters is 1. The molecule has 1 fully saturated rings.